The van der Waals surface area contributed by atoms with Crippen LogP contribution in [-0.4, -0.2) is 29.1 Å². The molecular formula is C30H26N4O2. The summed E-state index contributed by atoms with van der Waals surface area (Å²) in [5, 5.41) is 5.61. The van der Waals surface area contributed by atoms with Crippen LogP contribution in [0.4, 0.5) is 11.4 Å². The minimum Gasteiger partial charge on any atom is -0.422 e. The number of hydrogen-bond donors (Lipinski definition) is 0. The van der Waals surface area contributed by atoms with Crippen LogP contribution in [0.15, 0.2) is 105 Å². The molecule has 0 amide bonds. The van der Waals surface area contributed by atoms with Crippen molar-refractivity contribution in [1.82, 2.24) is 9.78 Å². The Balaban J connectivity index is 1.38. The molecule has 0 N–H and O–H groups in total. The average Bonchev–Trinajstić information content (AvgIpc) is 3.37. The normalized spacial score (nSPS) is 14.1. The zero-order chi connectivity index (χ0) is 24.3. The molecule has 6 heteroatoms. The Morgan fingerprint density at radius 3 is 2.39 bits per heavy atom. The quantitative estimate of drug-likeness (QED) is 0.219. The lowest BCUT2D eigenvalue weighted by molar-refractivity contribution is 0.563. The van der Waals surface area contributed by atoms with Gasteiger partial charge in [-0.25, -0.2) is 9.48 Å². The highest BCUT2D eigenvalue weighted by Gasteiger charge is 2.17. The first-order chi connectivity index (χ1) is 17.7. The van der Waals surface area contributed by atoms with Gasteiger partial charge in [-0.2, -0.15) is 5.10 Å². The van der Waals surface area contributed by atoms with Gasteiger partial charge < -0.3 is 9.32 Å². The number of para-hydroxylation sites is 2. The molecule has 0 bridgehead atoms. The van der Waals surface area contributed by atoms with Gasteiger partial charge in [0.1, 0.15) is 11.3 Å². The second kappa shape index (κ2) is 9.66. The Bertz CT molecular complexity index is 1580. The highest BCUT2D eigenvalue weighted by atomic mass is 16.4. The molecule has 6 rings (SSSR count). The fraction of sp³-hybridized carbons (Fsp3) is 0.167. The third kappa shape index (κ3) is 4.45. The molecule has 3 heterocycles. The van der Waals surface area contributed by atoms with Gasteiger partial charge >= 0.3 is 5.63 Å². The zero-order valence-corrected chi connectivity index (χ0v) is 19.9. The van der Waals surface area contributed by atoms with Crippen LogP contribution in [0.5, 0.6) is 0 Å². The molecule has 36 heavy (non-hydrogen) atoms. The Morgan fingerprint density at radius 1 is 0.833 bits per heavy atom. The van der Waals surface area contributed by atoms with Crippen molar-refractivity contribution in [3.8, 4) is 16.9 Å². The third-order valence-electron chi connectivity index (χ3n) is 6.58. The van der Waals surface area contributed by atoms with Crippen LogP contribution >= 0.6 is 0 Å². The Morgan fingerprint density at radius 2 is 1.58 bits per heavy atom. The maximum atomic E-state index is 12.9. The van der Waals surface area contributed by atoms with Gasteiger partial charge in [0.25, 0.3) is 0 Å². The van der Waals surface area contributed by atoms with E-state index in [4.69, 9.17) is 14.5 Å². The summed E-state index contributed by atoms with van der Waals surface area (Å²) >= 11 is 0. The van der Waals surface area contributed by atoms with E-state index in [1.807, 2.05) is 72.9 Å². The molecule has 1 aliphatic rings. The number of fused-ring (bicyclic) bond motifs is 1. The number of nitrogens with zero attached hydrogens (tertiary/aromatic N) is 4. The number of aliphatic imine (C=N–C) groups is 1. The summed E-state index contributed by atoms with van der Waals surface area (Å²) in [6.45, 7) is 2.22. The summed E-state index contributed by atoms with van der Waals surface area (Å²) in [5.41, 5.74) is 4.79. The van der Waals surface area contributed by atoms with E-state index < -0.39 is 5.63 Å². The van der Waals surface area contributed by atoms with E-state index in [2.05, 4.69) is 17.0 Å². The lowest BCUT2D eigenvalue weighted by Crippen LogP contribution is -2.29. The monoisotopic (exact) mass is 474 g/mol. The van der Waals surface area contributed by atoms with E-state index in [1.165, 1.54) is 24.9 Å². The molecule has 0 spiro atoms. The van der Waals surface area contributed by atoms with E-state index in [9.17, 15) is 4.79 Å². The van der Waals surface area contributed by atoms with Crippen LogP contribution in [0.25, 0.3) is 27.9 Å². The summed E-state index contributed by atoms with van der Waals surface area (Å²) in [7, 11) is 0. The van der Waals surface area contributed by atoms with E-state index in [0.29, 0.717) is 16.8 Å². The van der Waals surface area contributed by atoms with Gasteiger partial charge in [0.05, 0.1) is 16.9 Å². The molecule has 0 saturated carbocycles. The van der Waals surface area contributed by atoms with Gasteiger partial charge in [0, 0.05) is 42.1 Å². The van der Waals surface area contributed by atoms with Gasteiger partial charge in [0.2, 0.25) is 0 Å². The van der Waals surface area contributed by atoms with Crippen molar-refractivity contribution in [2.24, 2.45) is 4.99 Å². The second-order valence-electron chi connectivity index (χ2n) is 9.02. The summed E-state index contributed by atoms with van der Waals surface area (Å²) in [6.07, 6.45) is 7.47. The SMILES string of the molecule is O=c1oc2ccccc2cc1-c1nn(-c2ccccc2)cc1C=Nc1ccc(N2CCCCC2)cc1. The fourth-order valence-corrected chi connectivity index (χ4v) is 4.68. The first kappa shape index (κ1) is 22.0. The molecule has 3 aromatic carbocycles. The summed E-state index contributed by atoms with van der Waals surface area (Å²) in [5.74, 6) is 0. The summed E-state index contributed by atoms with van der Waals surface area (Å²) in [4.78, 5) is 20.1. The Kier molecular flexibility index (Phi) is 5.91. The predicted octanol–water partition coefficient (Wildman–Crippen LogP) is 6.39. The van der Waals surface area contributed by atoms with Crippen molar-refractivity contribution in [2.45, 2.75) is 19.3 Å². The van der Waals surface area contributed by atoms with Crippen molar-refractivity contribution in [1.29, 1.82) is 0 Å². The molecule has 0 radical (unpaired) electrons. The van der Waals surface area contributed by atoms with Gasteiger partial charge in [-0.1, -0.05) is 36.4 Å². The van der Waals surface area contributed by atoms with Crippen molar-refractivity contribution in [2.75, 3.05) is 18.0 Å². The van der Waals surface area contributed by atoms with E-state index in [1.54, 1.807) is 17.0 Å². The molecule has 6 nitrogen and oxygen atoms in total. The lowest BCUT2D eigenvalue weighted by atomic mass is 10.1. The van der Waals surface area contributed by atoms with Crippen LogP contribution in [0, 0.1) is 0 Å². The van der Waals surface area contributed by atoms with Crippen LogP contribution in [-0.2, 0) is 0 Å². The van der Waals surface area contributed by atoms with Crippen molar-refractivity contribution in [3.63, 3.8) is 0 Å². The van der Waals surface area contributed by atoms with Crippen LogP contribution in [0.2, 0.25) is 0 Å². The van der Waals surface area contributed by atoms with Gasteiger partial charge in [0.15, 0.2) is 0 Å². The van der Waals surface area contributed by atoms with E-state index in [-0.39, 0.29) is 0 Å². The third-order valence-corrected chi connectivity index (χ3v) is 6.58. The second-order valence-corrected chi connectivity index (χ2v) is 9.02. The first-order valence-electron chi connectivity index (χ1n) is 12.3. The Hall–Kier alpha value is -4.45. The number of benzene rings is 3. The molecule has 178 valence electrons. The zero-order valence-electron chi connectivity index (χ0n) is 19.9. The average molecular weight is 475 g/mol. The molecule has 0 atom stereocenters. The number of hydrogen-bond acceptors (Lipinski definition) is 5. The Labute approximate surface area is 209 Å². The number of anilines is 1. The molecule has 0 aliphatic carbocycles. The largest absolute Gasteiger partial charge is 0.422 e. The van der Waals surface area contributed by atoms with Gasteiger partial charge in [-0.05, 0) is 67.8 Å². The molecule has 5 aromatic rings. The number of rotatable bonds is 5. The summed E-state index contributed by atoms with van der Waals surface area (Å²) < 4.78 is 7.37. The van der Waals surface area contributed by atoms with E-state index >= 15 is 0 Å². The minimum atomic E-state index is -0.424. The standard InChI is InChI=1S/C30H26N4O2/c35-30-27(19-22-9-5-6-12-28(22)36-30)29-23(21-34(32-29)26-10-3-1-4-11-26)20-31-24-13-15-25(16-14-24)33-17-7-2-8-18-33/h1,3-6,9-16,19-21H,2,7-8,17-18H2. The van der Waals surface area contributed by atoms with Gasteiger partial charge in [-0.3, -0.25) is 4.99 Å². The maximum absolute atomic E-state index is 12.9. The smallest absolute Gasteiger partial charge is 0.345 e. The maximum Gasteiger partial charge on any atom is 0.345 e. The fourth-order valence-electron chi connectivity index (χ4n) is 4.68. The van der Waals surface area contributed by atoms with Gasteiger partial charge in [-0.15, -0.1) is 0 Å². The topological polar surface area (TPSA) is 63.6 Å². The number of aromatic nitrogens is 2. The molecule has 1 saturated heterocycles. The van der Waals surface area contributed by atoms with Crippen molar-refractivity contribution in [3.05, 3.63) is 107 Å². The lowest BCUT2D eigenvalue weighted by Gasteiger charge is -2.28. The molecule has 2 aromatic heterocycles. The molecule has 1 aliphatic heterocycles. The van der Waals surface area contributed by atoms with Crippen LogP contribution in [0.1, 0.15) is 24.8 Å². The minimum absolute atomic E-state index is 0.408. The first-order valence-corrected chi connectivity index (χ1v) is 12.3. The van der Waals surface area contributed by atoms with E-state index in [0.717, 1.165) is 35.4 Å². The summed E-state index contributed by atoms with van der Waals surface area (Å²) in [6, 6.07) is 27.5. The molecule has 1 fully saturated rings. The van der Waals surface area contributed by atoms with Crippen LogP contribution < -0.4 is 10.5 Å². The molecular weight excluding hydrogens is 448 g/mol. The number of piperidine rings is 1. The highest BCUT2D eigenvalue weighted by Crippen LogP contribution is 2.26. The van der Waals surface area contributed by atoms with Crippen LogP contribution in [0.3, 0.4) is 0 Å². The van der Waals surface area contributed by atoms with Crippen molar-refractivity contribution < 1.29 is 4.42 Å². The molecule has 0 unspecified atom stereocenters. The van der Waals surface area contributed by atoms with Crippen molar-refractivity contribution >= 4 is 28.6 Å². The predicted molar refractivity (Wildman–Crippen MR) is 145 cm³/mol. The highest BCUT2D eigenvalue weighted by molar-refractivity contribution is 5.91.